The Kier molecular flexibility index (Phi) is 2.33. The van der Waals surface area contributed by atoms with Crippen LogP contribution in [-0.4, -0.2) is 24.2 Å². The van der Waals surface area contributed by atoms with Crippen molar-refractivity contribution < 1.29 is 6.11 Å². The molecule has 1 heterocycles. The van der Waals surface area contributed by atoms with Crippen LogP contribution in [0.3, 0.4) is 0 Å². The second-order valence-corrected chi connectivity index (χ2v) is 3.34. The molecule has 0 N–H and O–H groups in total. The van der Waals surface area contributed by atoms with Gasteiger partial charge in [0.1, 0.15) is 0 Å². The van der Waals surface area contributed by atoms with Crippen LogP contribution in [0.15, 0.2) is 0 Å². The highest BCUT2D eigenvalue weighted by atomic mass is 32.2. The first-order valence-electron chi connectivity index (χ1n) is 3.96. The highest BCUT2D eigenvalue weighted by Gasteiger charge is 2.25. The van der Waals surface area contributed by atoms with Gasteiger partial charge in [0.15, 0.2) is 0 Å². The third kappa shape index (κ3) is 1.62. The quantitative estimate of drug-likeness (QED) is 0.591. The number of ether oxygens (including phenoxy) is 1. The fourth-order valence-electron chi connectivity index (χ4n) is 1.12. The lowest BCUT2D eigenvalue weighted by Crippen LogP contribution is -2.15. The minimum Gasteiger partial charge on any atom is -0.377 e. The van der Waals surface area contributed by atoms with Crippen molar-refractivity contribution in [2.45, 2.75) is 31.1 Å². The summed E-state index contributed by atoms with van der Waals surface area (Å²) in [5.74, 6) is 0. The van der Waals surface area contributed by atoms with E-state index in [0.717, 1.165) is 12.8 Å². The highest BCUT2D eigenvalue weighted by molar-refractivity contribution is 7.99. The third-order valence-electron chi connectivity index (χ3n) is 1.72. The molecule has 0 aromatic carbocycles. The van der Waals surface area contributed by atoms with Crippen LogP contribution in [0.2, 0.25) is 0 Å². The molecule has 0 amide bonds. The Labute approximate surface area is 62.6 Å². The van der Waals surface area contributed by atoms with E-state index in [0.29, 0.717) is 11.4 Å². The second kappa shape index (κ2) is 3.47. The summed E-state index contributed by atoms with van der Waals surface area (Å²) in [6, 6.07) is 0. The lowest BCUT2D eigenvalue weighted by atomic mass is 10.2. The van der Waals surface area contributed by atoms with Crippen LogP contribution in [-0.2, 0) is 4.74 Å². The molecule has 1 aliphatic rings. The van der Waals surface area contributed by atoms with Crippen LogP contribution < -0.4 is 0 Å². The van der Waals surface area contributed by atoms with Gasteiger partial charge in [-0.25, -0.2) is 0 Å². The Morgan fingerprint density at radius 3 is 3.11 bits per heavy atom. The van der Waals surface area contributed by atoms with Gasteiger partial charge in [-0.3, -0.25) is 0 Å². The van der Waals surface area contributed by atoms with Crippen LogP contribution in [0.1, 0.15) is 21.1 Å². The topological polar surface area (TPSA) is 9.23 Å². The van der Waals surface area contributed by atoms with Crippen molar-refractivity contribution in [3.05, 3.63) is 0 Å². The van der Waals surface area contributed by atoms with E-state index in [1.54, 1.807) is 0 Å². The van der Waals surface area contributed by atoms with Crippen LogP contribution in [0.25, 0.3) is 0 Å². The van der Waals surface area contributed by atoms with E-state index in [1.807, 2.05) is 11.8 Å². The van der Waals surface area contributed by atoms with Gasteiger partial charge in [-0.1, -0.05) is 6.92 Å². The summed E-state index contributed by atoms with van der Waals surface area (Å²) in [5, 5.41) is 0.562. The molecule has 3 atom stereocenters. The Morgan fingerprint density at radius 1 is 1.89 bits per heavy atom. The highest BCUT2D eigenvalue weighted by Crippen LogP contribution is 2.25. The minimum absolute atomic E-state index is 0.262. The van der Waals surface area contributed by atoms with E-state index >= 15 is 0 Å². The first-order valence-corrected chi connectivity index (χ1v) is 4.67. The fraction of sp³-hybridized carbons (Fsp3) is 1.00. The van der Waals surface area contributed by atoms with Crippen LogP contribution in [0.5, 0.6) is 0 Å². The number of hydrogen-bond acceptors (Lipinski definition) is 2. The summed E-state index contributed by atoms with van der Waals surface area (Å²) in [7, 11) is 0. The summed E-state index contributed by atoms with van der Waals surface area (Å²) in [6.07, 6.45) is 4.37. The predicted molar refractivity (Wildman–Crippen MR) is 42.0 cm³/mol. The zero-order chi connectivity index (χ0) is 7.56. The molecule has 1 aliphatic heterocycles. The zero-order valence-electron chi connectivity index (χ0n) is 6.96. The van der Waals surface area contributed by atoms with Gasteiger partial charge >= 0.3 is 0 Å². The molecule has 0 aromatic heterocycles. The number of rotatable bonds is 2. The molecule has 0 radical (unpaired) electrons. The summed E-state index contributed by atoms with van der Waals surface area (Å²) in [5.41, 5.74) is 0. The van der Waals surface area contributed by atoms with Gasteiger partial charge in [0.2, 0.25) is 0 Å². The molecule has 0 spiro atoms. The van der Waals surface area contributed by atoms with E-state index in [4.69, 9.17) is 6.11 Å². The Bertz CT molecular complexity index is 97.8. The maximum Gasteiger partial charge on any atom is 0.0691 e. The predicted octanol–water partition coefficient (Wildman–Crippen LogP) is 1.92. The maximum absolute atomic E-state index is 7.36. The van der Waals surface area contributed by atoms with Gasteiger partial charge in [0.25, 0.3) is 0 Å². The Morgan fingerprint density at radius 2 is 2.67 bits per heavy atom. The Hall–Kier alpha value is 0.310. The van der Waals surface area contributed by atoms with Crippen LogP contribution in [0.4, 0.5) is 0 Å². The largest absolute Gasteiger partial charge is 0.377 e. The molecule has 1 fully saturated rings. The van der Waals surface area contributed by atoms with Gasteiger partial charge in [0, 0.05) is 11.8 Å². The average molecular weight is 148 g/mol. The molecule has 1 nitrogen and oxygen atoms in total. The number of hydrogen-bond donors (Lipinski definition) is 0. The smallest absolute Gasteiger partial charge is 0.0691 e. The van der Waals surface area contributed by atoms with Gasteiger partial charge in [-0.2, -0.15) is 11.8 Å². The lowest BCUT2D eigenvalue weighted by molar-refractivity contribution is 0.110. The van der Waals surface area contributed by atoms with Gasteiger partial charge in [0.05, 0.1) is 7.47 Å². The molecule has 54 valence electrons. The normalized spacial score (nSPS) is 45.1. The monoisotopic (exact) mass is 148 g/mol. The molecule has 9 heavy (non-hydrogen) atoms. The van der Waals surface area contributed by atoms with E-state index < -0.39 is 0 Å². The molecule has 1 unspecified atom stereocenters. The van der Waals surface area contributed by atoms with Crippen molar-refractivity contribution in [2.75, 3.05) is 12.8 Å². The summed E-state index contributed by atoms with van der Waals surface area (Å²) in [6.45, 7) is 1.86. The SMILES string of the molecule is [3H][C@H]1CC(SC)[C@@H](CC)O1. The van der Waals surface area contributed by atoms with Gasteiger partial charge in [-0.15, -0.1) is 0 Å². The minimum atomic E-state index is -0.262. The molecular weight excluding hydrogens is 132 g/mol. The molecule has 1 rings (SSSR count). The fourth-order valence-corrected chi connectivity index (χ4v) is 1.95. The average Bonchev–Trinajstić information content (AvgIpc) is 2.30. The van der Waals surface area contributed by atoms with Crippen molar-refractivity contribution in [1.82, 2.24) is 0 Å². The van der Waals surface area contributed by atoms with Crippen molar-refractivity contribution >= 4 is 11.8 Å². The van der Waals surface area contributed by atoms with E-state index in [2.05, 4.69) is 13.2 Å². The summed E-state index contributed by atoms with van der Waals surface area (Å²) < 4.78 is 12.7. The first kappa shape index (κ1) is 6.05. The summed E-state index contributed by atoms with van der Waals surface area (Å²) >= 11 is 1.82. The van der Waals surface area contributed by atoms with E-state index in [1.165, 1.54) is 0 Å². The molecule has 0 saturated carbocycles. The molecule has 0 aromatic rings. The Balaban J connectivity index is 2.41. The molecule has 2 heteroatoms. The second-order valence-electron chi connectivity index (χ2n) is 2.26. The zero-order valence-corrected chi connectivity index (χ0v) is 6.78. The standard InChI is InChI=1S/C7H14OS/c1-3-6-7(9-2)4-5-8-6/h6-7H,3-5H2,1-2H3/t6-,7?/m1/s1/i5T/t5-,6+,7?/m0. The van der Waals surface area contributed by atoms with Crippen LogP contribution >= 0.6 is 11.8 Å². The van der Waals surface area contributed by atoms with E-state index in [9.17, 15) is 0 Å². The van der Waals surface area contributed by atoms with Crippen molar-refractivity contribution in [3.8, 4) is 0 Å². The maximum atomic E-state index is 7.36. The molecular formula is C7H14OS. The van der Waals surface area contributed by atoms with E-state index in [-0.39, 0.29) is 6.58 Å². The first-order chi connectivity index (χ1) is 4.77. The van der Waals surface area contributed by atoms with Gasteiger partial charge in [-0.05, 0) is 19.1 Å². The van der Waals surface area contributed by atoms with Gasteiger partial charge < -0.3 is 4.74 Å². The van der Waals surface area contributed by atoms with Crippen molar-refractivity contribution in [2.24, 2.45) is 0 Å². The summed E-state index contributed by atoms with van der Waals surface area (Å²) in [4.78, 5) is 0. The third-order valence-corrected chi connectivity index (χ3v) is 2.82. The van der Waals surface area contributed by atoms with Crippen molar-refractivity contribution in [1.29, 1.82) is 0 Å². The molecule has 0 aliphatic carbocycles. The molecule has 1 saturated heterocycles. The number of thioether (sulfide) groups is 1. The molecule has 0 bridgehead atoms. The van der Waals surface area contributed by atoms with Crippen LogP contribution in [0, 0.1) is 0 Å². The lowest BCUT2D eigenvalue weighted by Gasteiger charge is -2.12. The van der Waals surface area contributed by atoms with Crippen molar-refractivity contribution in [3.63, 3.8) is 0 Å².